The highest BCUT2D eigenvalue weighted by atomic mass is 19.4. The van der Waals surface area contributed by atoms with Crippen molar-refractivity contribution in [2.24, 2.45) is 5.73 Å². The van der Waals surface area contributed by atoms with Gasteiger partial charge in [0.25, 0.3) is 0 Å². The number of urea groups is 1. The van der Waals surface area contributed by atoms with E-state index >= 15 is 0 Å². The summed E-state index contributed by atoms with van der Waals surface area (Å²) < 4.78 is 44.0. The van der Waals surface area contributed by atoms with Crippen molar-refractivity contribution in [3.05, 3.63) is 89.7 Å². The van der Waals surface area contributed by atoms with Crippen molar-refractivity contribution in [2.75, 3.05) is 19.6 Å². The zero-order valence-corrected chi connectivity index (χ0v) is 17.7. The predicted octanol–water partition coefficient (Wildman–Crippen LogP) is 4.83. The molecule has 0 spiro atoms. The fraction of sp³-hybridized carbons (Fsp3) is 0.250. The molecule has 2 amide bonds. The van der Waals surface area contributed by atoms with Crippen LogP contribution in [0.4, 0.5) is 18.0 Å². The first-order chi connectivity index (χ1) is 15.8. The van der Waals surface area contributed by atoms with E-state index in [1.807, 2.05) is 30.3 Å². The van der Waals surface area contributed by atoms with Crippen molar-refractivity contribution < 1.29 is 22.7 Å². The molecule has 1 atom stereocenters. The highest BCUT2D eigenvalue weighted by molar-refractivity contribution is 5.72. The Balaban J connectivity index is 1.44. The summed E-state index contributed by atoms with van der Waals surface area (Å²) in [6.07, 6.45) is -0.964. The standard InChI is InChI=1S/C24H23F3N4O2/c25-24(26,27)19-6-8-20(9-7-19)33-21-5-1-3-17(13-21)15-30-11-12-31(23(28)32)22(16-30)18-4-2-10-29-14-18/h1-10,13-14,22H,11-12,15-16H2,(H2,28,32). The van der Waals surface area contributed by atoms with E-state index in [9.17, 15) is 18.0 Å². The van der Waals surface area contributed by atoms with Crippen LogP contribution in [0.25, 0.3) is 0 Å². The summed E-state index contributed by atoms with van der Waals surface area (Å²) in [6, 6.07) is 15.1. The summed E-state index contributed by atoms with van der Waals surface area (Å²) >= 11 is 0. The Bertz CT molecular complexity index is 1090. The molecular weight excluding hydrogens is 433 g/mol. The maximum absolute atomic E-state index is 12.7. The minimum absolute atomic E-state index is 0.198. The smallest absolute Gasteiger partial charge is 0.416 e. The minimum Gasteiger partial charge on any atom is -0.457 e. The average Bonchev–Trinajstić information content (AvgIpc) is 2.79. The van der Waals surface area contributed by atoms with Crippen LogP contribution in [0.1, 0.15) is 22.7 Å². The molecule has 1 unspecified atom stereocenters. The normalized spacial score (nSPS) is 17.1. The number of pyridine rings is 1. The Labute approximate surface area is 189 Å². The predicted molar refractivity (Wildman–Crippen MR) is 117 cm³/mol. The van der Waals surface area contributed by atoms with Crippen LogP contribution in [-0.4, -0.2) is 40.4 Å². The Kier molecular flexibility index (Phi) is 6.50. The molecule has 1 fully saturated rings. The Morgan fingerprint density at radius 3 is 2.52 bits per heavy atom. The van der Waals surface area contributed by atoms with Gasteiger partial charge in [-0.3, -0.25) is 9.88 Å². The number of amides is 2. The van der Waals surface area contributed by atoms with Crippen LogP contribution in [0.3, 0.4) is 0 Å². The number of rotatable bonds is 5. The van der Waals surface area contributed by atoms with Crippen molar-refractivity contribution in [3.63, 3.8) is 0 Å². The molecule has 1 saturated heterocycles. The molecule has 33 heavy (non-hydrogen) atoms. The van der Waals surface area contributed by atoms with Gasteiger partial charge in [-0.2, -0.15) is 13.2 Å². The van der Waals surface area contributed by atoms with Gasteiger partial charge in [-0.15, -0.1) is 0 Å². The largest absolute Gasteiger partial charge is 0.457 e. The number of carbonyl (C=O) groups is 1. The van der Waals surface area contributed by atoms with E-state index < -0.39 is 17.8 Å². The first kappa shape index (κ1) is 22.6. The van der Waals surface area contributed by atoms with E-state index in [1.54, 1.807) is 23.4 Å². The number of benzene rings is 2. The SMILES string of the molecule is NC(=O)N1CCN(Cc2cccc(Oc3ccc(C(F)(F)F)cc3)c2)CC1c1cccnc1. The lowest BCUT2D eigenvalue weighted by molar-refractivity contribution is -0.137. The molecule has 3 aromatic rings. The first-order valence-electron chi connectivity index (χ1n) is 10.4. The van der Waals surface area contributed by atoms with Crippen LogP contribution in [0.15, 0.2) is 73.1 Å². The quantitative estimate of drug-likeness (QED) is 0.597. The second-order valence-corrected chi connectivity index (χ2v) is 7.84. The number of nitrogens with two attached hydrogens (primary N) is 1. The highest BCUT2D eigenvalue weighted by Gasteiger charge is 2.31. The van der Waals surface area contributed by atoms with E-state index in [0.29, 0.717) is 37.7 Å². The third-order valence-corrected chi connectivity index (χ3v) is 5.54. The fourth-order valence-electron chi connectivity index (χ4n) is 3.92. The van der Waals surface area contributed by atoms with Crippen LogP contribution in [0.5, 0.6) is 11.5 Å². The molecule has 0 aliphatic carbocycles. The van der Waals surface area contributed by atoms with Gasteiger partial charge in [0.2, 0.25) is 0 Å². The molecule has 1 aliphatic heterocycles. The molecule has 2 N–H and O–H groups in total. The molecule has 0 saturated carbocycles. The summed E-state index contributed by atoms with van der Waals surface area (Å²) in [5, 5.41) is 0. The molecule has 1 aliphatic rings. The van der Waals surface area contributed by atoms with Gasteiger partial charge in [0.05, 0.1) is 11.6 Å². The number of alkyl halides is 3. The second-order valence-electron chi connectivity index (χ2n) is 7.84. The lowest BCUT2D eigenvalue weighted by Gasteiger charge is -2.40. The van der Waals surface area contributed by atoms with Crippen LogP contribution < -0.4 is 10.5 Å². The number of nitrogens with zero attached hydrogens (tertiary/aromatic N) is 3. The van der Waals surface area contributed by atoms with Crippen LogP contribution in [0, 0.1) is 0 Å². The lowest BCUT2D eigenvalue weighted by atomic mass is 10.0. The summed E-state index contributed by atoms with van der Waals surface area (Å²) in [4.78, 5) is 20.0. The number of primary amides is 1. The fourth-order valence-corrected chi connectivity index (χ4v) is 3.92. The van der Waals surface area contributed by atoms with Gasteiger partial charge < -0.3 is 15.4 Å². The third kappa shape index (κ3) is 5.61. The van der Waals surface area contributed by atoms with Gasteiger partial charge in [0.15, 0.2) is 0 Å². The molecule has 9 heteroatoms. The topological polar surface area (TPSA) is 71.7 Å². The summed E-state index contributed by atoms with van der Waals surface area (Å²) in [6.45, 7) is 2.37. The highest BCUT2D eigenvalue weighted by Crippen LogP contribution is 2.32. The molecule has 2 aromatic carbocycles. The average molecular weight is 456 g/mol. The zero-order valence-electron chi connectivity index (χ0n) is 17.7. The zero-order chi connectivity index (χ0) is 23.4. The van der Waals surface area contributed by atoms with Crippen molar-refractivity contribution >= 4 is 6.03 Å². The molecule has 4 rings (SSSR count). The van der Waals surface area contributed by atoms with Gasteiger partial charge in [-0.25, -0.2) is 4.79 Å². The summed E-state index contributed by atoms with van der Waals surface area (Å²) in [7, 11) is 0. The Morgan fingerprint density at radius 2 is 1.85 bits per heavy atom. The molecule has 6 nitrogen and oxygen atoms in total. The van der Waals surface area contributed by atoms with E-state index in [-0.39, 0.29) is 6.04 Å². The van der Waals surface area contributed by atoms with Gasteiger partial charge in [0.1, 0.15) is 11.5 Å². The van der Waals surface area contributed by atoms with Crippen LogP contribution in [0.2, 0.25) is 0 Å². The van der Waals surface area contributed by atoms with E-state index in [0.717, 1.165) is 23.3 Å². The second kappa shape index (κ2) is 9.50. The van der Waals surface area contributed by atoms with Gasteiger partial charge in [-0.1, -0.05) is 18.2 Å². The number of aromatic nitrogens is 1. The Hall–Kier alpha value is -3.59. The van der Waals surface area contributed by atoms with E-state index in [4.69, 9.17) is 10.5 Å². The number of carbonyl (C=O) groups excluding carboxylic acids is 1. The van der Waals surface area contributed by atoms with Gasteiger partial charge in [0, 0.05) is 38.6 Å². The Morgan fingerprint density at radius 1 is 1.06 bits per heavy atom. The summed E-state index contributed by atoms with van der Waals surface area (Å²) in [5.74, 6) is 0.860. The number of piperazine rings is 1. The molecule has 172 valence electrons. The maximum atomic E-state index is 12.7. The van der Waals surface area contributed by atoms with Crippen molar-refractivity contribution in [1.29, 1.82) is 0 Å². The molecule has 0 radical (unpaired) electrons. The minimum atomic E-state index is -4.38. The molecule has 2 heterocycles. The number of halogens is 3. The first-order valence-corrected chi connectivity index (χ1v) is 10.4. The van der Waals surface area contributed by atoms with Crippen LogP contribution in [-0.2, 0) is 12.7 Å². The van der Waals surface area contributed by atoms with Crippen molar-refractivity contribution in [1.82, 2.24) is 14.8 Å². The van der Waals surface area contributed by atoms with E-state index in [1.165, 1.54) is 12.1 Å². The maximum Gasteiger partial charge on any atom is 0.416 e. The molecule has 1 aromatic heterocycles. The number of hydrogen-bond donors (Lipinski definition) is 1. The number of ether oxygens (including phenoxy) is 1. The van der Waals surface area contributed by atoms with Crippen molar-refractivity contribution in [2.45, 2.75) is 18.8 Å². The number of hydrogen-bond acceptors (Lipinski definition) is 4. The molecular formula is C24H23F3N4O2. The third-order valence-electron chi connectivity index (χ3n) is 5.54. The molecule has 0 bridgehead atoms. The lowest BCUT2D eigenvalue weighted by Crippen LogP contribution is -2.51. The van der Waals surface area contributed by atoms with E-state index in [2.05, 4.69) is 9.88 Å². The van der Waals surface area contributed by atoms with Gasteiger partial charge in [-0.05, 0) is 53.6 Å². The van der Waals surface area contributed by atoms with Crippen LogP contribution >= 0.6 is 0 Å². The summed E-state index contributed by atoms with van der Waals surface area (Å²) in [5.41, 5.74) is 6.77. The van der Waals surface area contributed by atoms with Crippen molar-refractivity contribution in [3.8, 4) is 11.5 Å². The van der Waals surface area contributed by atoms with Gasteiger partial charge >= 0.3 is 12.2 Å². The monoisotopic (exact) mass is 456 g/mol.